The van der Waals surface area contributed by atoms with Crippen molar-refractivity contribution in [1.29, 1.82) is 0 Å². The van der Waals surface area contributed by atoms with E-state index in [1.807, 2.05) is 47.4 Å². The van der Waals surface area contributed by atoms with Gasteiger partial charge >= 0.3 is 0 Å². The molecular weight excluding hydrogens is 412 g/mol. The summed E-state index contributed by atoms with van der Waals surface area (Å²) in [5.74, 6) is 1.31. The van der Waals surface area contributed by atoms with E-state index in [1.54, 1.807) is 7.11 Å². The molecule has 2 heterocycles. The number of hydrogen-bond donors (Lipinski definition) is 0. The smallest absolute Gasteiger partial charge is 0.261 e. The third kappa shape index (κ3) is 4.10. The molecule has 0 saturated carbocycles. The zero-order chi connectivity index (χ0) is 22.8. The van der Waals surface area contributed by atoms with Crippen LogP contribution in [0.2, 0.25) is 0 Å². The molecule has 0 unspecified atom stereocenters. The first kappa shape index (κ1) is 20.9. The lowest BCUT2D eigenvalue weighted by Gasteiger charge is -2.31. The van der Waals surface area contributed by atoms with Crippen LogP contribution in [0.3, 0.4) is 0 Å². The summed E-state index contributed by atoms with van der Waals surface area (Å²) in [5.41, 5.74) is 5.52. The van der Waals surface area contributed by atoms with E-state index in [0.29, 0.717) is 12.3 Å². The summed E-state index contributed by atoms with van der Waals surface area (Å²) in [6.07, 6.45) is 2.07. The second kappa shape index (κ2) is 8.87. The fraction of sp³-hybridized carbons (Fsp3) is 0.179. The molecule has 0 saturated heterocycles. The Balaban J connectivity index is 1.51. The molecule has 5 heteroatoms. The number of benzene rings is 3. The van der Waals surface area contributed by atoms with E-state index >= 15 is 0 Å². The highest BCUT2D eigenvalue weighted by Crippen LogP contribution is 2.36. The molecule has 33 heavy (non-hydrogen) atoms. The third-order valence-corrected chi connectivity index (χ3v) is 6.10. The van der Waals surface area contributed by atoms with Gasteiger partial charge in [0, 0.05) is 18.4 Å². The molecule has 166 valence electrons. The van der Waals surface area contributed by atoms with Gasteiger partial charge in [-0.1, -0.05) is 48.0 Å². The summed E-state index contributed by atoms with van der Waals surface area (Å²) in [5, 5.41) is 0. The number of nitrogens with zero attached hydrogens (tertiary/aromatic N) is 2. The van der Waals surface area contributed by atoms with Crippen molar-refractivity contribution < 1.29 is 14.3 Å². The molecule has 0 fully saturated rings. The zero-order valence-electron chi connectivity index (χ0n) is 18.8. The molecule has 0 N–H and O–H groups in total. The number of aryl methyl sites for hydroxylation is 1. The van der Waals surface area contributed by atoms with Gasteiger partial charge in [0.05, 0.1) is 18.8 Å². The fourth-order valence-corrected chi connectivity index (χ4v) is 4.38. The van der Waals surface area contributed by atoms with Crippen molar-refractivity contribution in [2.24, 2.45) is 0 Å². The maximum Gasteiger partial charge on any atom is 0.261 e. The summed E-state index contributed by atoms with van der Waals surface area (Å²) in [6, 6.07) is 27.8. The predicted octanol–water partition coefficient (Wildman–Crippen LogP) is 5.30. The lowest BCUT2D eigenvalue weighted by Crippen LogP contribution is -2.37. The Morgan fingerprint density at radius 3 is 2.39 bits per heavy atom. The lowest BCUT2D eigenvalue weighted by atomic mass is 10.0. The Hall–Kier alpha value is -3.99. The zero-order valence-corrected chi connectivity index (χ0v) is 18.8. The fourth-order valence-electron chi connectivity index (χ4n) is 4.38. The van der Waals surface area contributed by atoms with Gasteiger partial charge in [-0.05, 0) is 60.5 Å². The Morgan fingerprint density at radius 1 is 0.909 bits per heavy atom. The first-order chi connectivity index (χ1) is 16.1. The van der Waals surface area contributed by atoms with Crippen LogP contribution in [0, 0.1) is 6.92 Å². The molecule has 5 nitrogen and oxygen atoms in total. The molecule has 1 aliphatic rings. The molecule has 1 aromatic heterocycles. The average Bonchev–Trinajstić information content (AvgIpc) is 3.28. The van der Waals surface area contributed by atoms with Crippen LogP contribution < -0.4 is 9.47 Å². The molecule has 0 spiro atoms. The largest absolute Gasteiger partial charge is 0.497 e. The van der Waals surface area contributed by atoms with E-state index in [1.165, 1.54) is 5.56 Å². The number of fused-ring (bicyclic) bond motifs is 3. The Labute approximate surface area is 193 Å². The molecular formula is C28H26N2O3. The van der Waals surface area contributed by atoms with E-state index in [2.05, 4.69) is 60.2 Å². The first-order valence-electron chi connectivity index (χ1n) is 11.0. The van der Waals surface area contributed by atoms with Crippen molar-refractivity contribution in [2.45, 2.75) is 19.5 Å². The number of aromatic nitrogens is 1. The van der Waals surface area contributed by atoms with Crippen molar-refractivity contribution >= 4 is 5.91 Å². The van der Waals surface area contributed by atoms with Crippen molar-refractivity contribution in [2.75, 3.05) is 13.7 Å². The first-order valence-corrected chi connectivity index (χ1v) is 11.0. The molecule has 5 rings (SSSR count). The van der Waals surface area contributed by atoms with Crippen LogP contribution in [0.5, 0.6) is 11.5 Å². The van der Waals surface area contributed by atoms with E-state index in [9.17, 15) is 4.79 Å². The van der Waals surface area contributed by atoms with Gasteiger partial charge in [-0.25, -0.2) is 0 Å². The summed E-state index contributed by atoms with van der Waals surface area (Å²) in [6.45, 7) is 2.53. The minimum Gasteiger partial charge on any atom is -0.497 e. The highest BCUT2D eigenvalue weighted by Gasteiger charge is 2.32. The van der Waals surface area contributed by atoms with Gasteiger partial charge in [0.25, 0.3) is 5.91 Å². The summed E-state index contributed by atoms with van der Waals surface area (Å²) in [4.78, 5) is 15.5. The standard InChI is InChI=1S/C28H26N2O3/c1-20-9-11-21(12-10-20)28-26-8-5-17-29(26)25-7-4-3-6-22(25)18-30(28)27(31)19-33-24-15-13-23(32-2)14-16-24/h3-17,28H,18-19H2,1-2H3/t28-/m0/s1. The number of ether oxygens (including phenoxy) is 2. The lowest BCUT2D eigenvalue weighted by molar-refractivity contribution is -0.135. The van der Waals surface area contributed by atoms with Gasteiger partial charge in [-0.15, -0.1) is 0 Å². The Bertz CT molecular complexity index is 1260. The molecule has 1 amide bonds. The Morgan fingerprint density at radius 2 is 1.64 bits per heavy atom. The second-order valence-electron chi connectivity index (χ2n) is 8.23. The summed E-state index contributed by atoms with van der Waals surface area (Å²) < 4.78 is 13.3. The minimum atomic E-state index is -0.222. The number of methoxy groups -OCH3 is 1. The van der Waals surface area contributed by atoms with Crippen LogP contribution in [0.15, 0.2) is 91.1 Å². The molecule has 0 bridgehead atoms. The van der Waals surface area contributed by atoms with Crippen molar-refractivity contribution in [3.63, 3.8) is 0 Å². The monoisotopic (exact) mass is 438 g/mol. The van der Waals surface area contributed by atoms with Gasteiger partial charge < -0.3 is 18.9 Å². The highest BCUT2D eigenvalue weighted by molar-refractivity contribution is 5.79. The number of rotatable bonds is 5. The van der Waals surface area contributed by atoms with Crippen molar-refractivity contribution in [3.05, 3.63) is 114 Å². The Kier molecular flexibility index (Phi) is 5.61. The molecule has 0 aliphatic carbocycles. The highest BCUT2D eigenvalue weighted by atomic mass is 16.5. The molecule has 1 atom stereocenters. The van der Waals surface area contributed by atoms with Gasteiger partial charge in [0.2, 0.25) is 0 Å². The van der Waals surface area contributed by atoms with Gasteiger partial charge in [0.1, 0.15) is 11.5 Å². The number of amides is 1. The van der Waals surface area contributed by atoms with Gasteiger partial charge in [0.15, 0.2) is 6.61 Å². The number of carbonyl (C=O) groups excluding carboxylic acids is 1. The van der Waals surface area contributed by atoms with E-state index in [-0.39, 0.29) is 18.6 Å². The quantitative estimate of drug-likeness (QED) is 0.424. The number of carbonyl (C=O) groups is 1. The van der Waals surface area contributed by atoms with Crippen LogP contribution in [0.25, 0.3) is 5.69 Å². The maximum atomic E-state index is 13.6. The number of hydrogen-bond acceptors (Lipinski definition) is 3. The SMILES string of the molecule is COc1ccc(OCC(=O)N2Cc3ccccc3-n3cccc3[C@@H]2c2ccc(C)cc2)cc1. The van der Waals surface area contributed by atoms with Gasteiger partial charge in [-0.3, -0.25) is 4.79 Å². The minimum absolute atomic E-state index is 0.0441. The predicted molar refractivity (Wildman–Crippen MR) is 128 cm³/mol. The third-order valence-electron chi connectivity index (χ3n) is 6.10. The topological polar surface area (TPSA) is 43.7 Å². The normalized spacial score (nSPS) is 14.7. The van der Waals surface area contributed by atoms with Crippen LogP contribution in [-0.2, 0) is 11.3 Å². The maximum absolute atomic E-state index is 13.6. The number of para-hydroxylation sites is 1. The van der Waals surface area contributed by atoms with E-state index in [4.69, 9.17) is 9.47 Å². The molecule has 1 aliphatic heterocycles. The molecule has 0 radical (unpaired) electrons. The van der Waals surface area contributed by atoms with Gasteiger partial charge in [-0.2, -0.15) is 0 Å². The second-order valence-corrected chi connectivity index (χ2v) is 8.23. The van der Waals surface area contributed by atoms with Crippen molar-refractivity contribution in [3.8, 4) is 17.2 Å². The summed E-state index contributed by atoms with van der Waals surface area (Å²) in [7, 11) is 1.62. The van der Waals surface area contributed by atoms with Crippen LogP contribution >= 0.6 is 0 Å². The van der Waals surface area contributed by atoms with Crippen LogP contribution in [0.1, 0.15) is 28.4 Å². The van der Waals surface area contributed by atoms with Crippen molar-refractivity contribution in [1.82, 2.24) is 9.47 Å². The molecule has 4 aromatic rings. The van der Waals surface area contributed by atoms with E-state index in [0.717, 1.165) is 28.3 Å². The van der Waals surface area contributed by atoms with E-state index < -0.39 is 0 Å². The average molecular weight is 439 g/mol. The summed E-state index contributed by atoms with van der Waals surface area (Å²) >= 11 is 0. The molecule has 3 aromatic carbocycles. The van der Waals surface area contributed by atoms with Crippen LogP contribution in [0.4, 0.5) is 0 Å². The van der Waals surface area contributed by atoms with Crippen LogP contribution in [-0.4, -0.2) is 29.1 Å².